The van der Waals surface area contributed by atoms with E-state index < -0.39 is 6.10 Å². The van der Waals surface area contributed by atoms with Crippen molar-refractivity contribution in [2.45, 2.75) is 277 Å². The first kappa shape index (κ1) is 68.1. The molecule has 0 saturated heterocycles. The zero-order valence-electron chi connectivity index (χ0n) is 46.9. The Morgan fingerprint density at radius 3 is 0.861 bits per heavy atom. The summed E-state index contributed by atoms with van der Waals surface area (Å²) < 4.78 is 16.8. The van der Waals surface area contributed by atoms with Gasteiger partial charge in [-0.05, 0) is 109 Å². The molecule has 0 radical (unpaired) electrons. The minimum Gasteiger partial charge on any atom is -0.462 e. The normalized spacial score (nSPS) is 12.9. The fraction of sp³-hybridized carbons (Fsp3) is 0.682. The van der Waals surface area contributed by atoms with Gasteiger partial charge in [0.1, 0.15) is 13.2 Å². The van der Waals surface area contributed by atoms with Gasteiger partial charge in [-0.15, -0.1) is 0 Å². The van der Waals surface area contributed by atoms with Crippen molar-refractivity contribution < 1.29 is 28.6 Å². The molecule has 6 heteroatoms. The van der Waals surface area contributed by atoms with Crippen LogP contribution in [-0.2, 0) is 28.6 Å². The van der Waals surface area contributed by atoms with E-state index in [2.05, 4.69) is 130 Å². The molecule has 0 aliphatic carbocycles. The average Bonchev–Trinajstić information content (AvgIpc) is 3.38. The highest BCUT2D eigenvalue weighted by Gasteiger charge is 2.19. The Kier molecular flexibility index (Phi) is 56.4. The van der Waals surface area contributed by atoms with Crippen molar-refractivity contribution in [3.05, 3.63) is 109 Å². The number of carbonyl (C=O) groups excluding carboxylic acids is 3. The van der Waals surface area contributed by atoms with Gasteiger partial charge in [-0.3, -0.25) is 14.4 Å². The number of ether oxygens (including phenoxy) is 3. The lowest BCUT2D eigenvalue weighted by Gasteiger charge is -2.18. The van der Waals surface area contributed by atoms with Crippen LogP contribution in [0.3, 0.4) is 0 Å². The first-order chi connectivity index (χ1) is 35.5. The zero-order valence-corrected chi connectivity index (χ0v) is 46.9. The molecule has 1 atom stereocenters. The van der Waals surface area contributed by atoms with Gasteiger partial charge in [0.05, 0.1) is 0 Å². The summed E-state index contributed by atoms with van der Waals surface area (Å²) in [5.41, 5.74) is 0. The fourth-order valence-electron chi connectivity index (χ4n) is 8.04. The summed E-state index contributed by atoms with van der Waals surface area (Å²) in [7, 11) is 0. The summed E-state index contributed by atoms with van der Waals surface area (Å²) in [5.74, 6) is -0.912. The van der Waals surface area contributed by atoms with Crippen molar-refractivity contribution in [3.8, 4) is 0 Å². The molecular weight excluding hydrogens is 889 g/mol. The molecular formula is C66H110O6. The van der Waals surface area contributed by atoms with Gasteiger partial charge in [-0.2, -0.15) is 0 Å². The molecule has 0 rings (SSSR count). The van der Waals surface area contributed by atoms with E-state index in [0.29, 0.717) is 19.3 Å². The maximum Gasteiger partial charge on any atom is 0.306 e. The fourth-order valence-corrected chi connectivity index (χ4v) is 8.04. The van der Waals surface area contributed by atoms with Crippen molar-refractivity contribution >= 4 is 17.9 Å². The Morgan fingerprint density at radius 2 is 0.542 bits per heavy atom. The molecule has 410 valence electrons. The van der Waals surface area contributed by atoms with Crippen LogP contribution in [0.2, 0.25) is 0 Å². The lowest BCUT2D eigenvalue weighted by molar-refractivity contribution is -0.167. The largest absolute Gasteiger partial charge is 0.462 e. The predicted octanol–water partition coefficient (Wildman–Crippen LogP) is 20.3. The Bertz CT molecular complexity index is 1470. The molecule has 0 amide bonds. The van der Waals surface area contributed by atoms with E-state index in [1.54, 1.807) is 0 Å². The third-order valence-corrected chi connectivity index (χ3v) is 12.5. The second-order valence-corrected chi connectivity index (χ2v) is 19.5. The minimum absolute atomic E-state index is 0.0851. The molecule has 72 heavy (non-hydrogen) atoms. The summed E-state index contributed by atoms with van der Waals surface area (Å²) in [4.78, 5) is 38.0. The van der Waals surface area contributed by atoms with Crippen molar-refractivity contribution in [2.75, 3.05) is 13.2 Å². The Labute approximate surface area is 444 Å². The van der Waals surface area contributed by atoms with Gasteiger partial charge in [0, 0.05) is 19.3 Å². The lowest BCUT2D eigenvalue weighted by Crippen LogP contribution is -2.30. The monoisotopic (exact) mass is 999 g/mol. The summed E-state index contributed by atoms with van der Waals surface area (Å²) in [6.45, 7) is 6.47. The van der Waals surface area contributed by atoms with Crippen LogP contribution < -0.4 is 0 Å². The summed E-state index contributed by atoms with van der Waals surface area (Å²) >= 11 is 0. The van der Waals surface area contributed by atoms with Crippen LogP contribution >= 0.6 is 0 Å². The molecule has 0 aliphatic rings. The molecule has 0 spiro atoms. The Hall–Kier alpha value is -3.93. The molecule has 6 nitrogen and oxygen atoms in total. The molecule has 0 aromatic rings. The lowest BCUT2D eigenvalue weighted by atomic mass is 10.1. The predicted molar refractivity (Wildman–Crippen MR) is 311 cm³/mol. The van der Waals surface area contributed by atoms with E-state index in [1.165, 1.54) is 96.3 Å². The van der Waals surface area contributed by atoms with Crippen LogP contribution in [0, 0.1) is 0 Å². The third-order valence-electron chi connectivity index (χ3n) is 12.5. The highest BCUT2D eigenvalue weighted by molar-refractivity contribution is 5.71. The van der Waals surface area contributed by atoms with Gasteiger partial charge in [0.2, 0.25) is 0 Å². The highest BCUT2D eigenvalue weighted by atomic mass is 16.6. The smallest absolute Gasteiger partial charge is 0.306 e. The van der Waals surface area contributed by atoms with E-state index in [4.69, 9.17) is 14.2 Å². The second kappa shape index (κ2) is 59.6. The highest BCUT2D eigenvalue weighted by Crippen LogP contribution is 2.14. The van der Waals surface area contributed by atoms with Crippen molar-refractivity contribution in [1.29, 1.82) is 0 Å². The molecule has 1 unspecified atom stereocenters. The van der Waals surface area contributed by atoms with Crippen molar-refractivity contribution in [2.24, 2.45) is 0 Å². The average molecular weight is 1000 g/mol. The SMILES string of the molecule is CC/C=C\C/C=C\C/C=C\C/C=C\C/C=C\C/C=C\C/C=C\C/C=C\CCCCCCCCC(=O)OCC(COC(=O)CCCCCCCCCC)OC(=O)CCCCCCC/C=C\CCCCCCCC. The maximum atomic E-state index is 12.8. The van der Waals surface area contributed by atoms with Crippen LogP contribution in [0.1, 0.15) is 271 Å². The molecule has 0 N–H and O–H groups in total. The third kappa shape index (κ3) is 57.0. The van der Waals surface area contributed by atoms with Crippen LogP contribution in [-0.4, -0.2) is 37.2 Å². The zero-order chi connectivity index (χ0) is 52.2. The van der Waals surface area contributed by atoms with Gasteiger partial charge in [-0.25, -0.2) is 0 Å². The number of unbranched alkanes of at least 4 members (excludes halogenated alkanes) is 24. The summed E-state index contributed by atoms with van der Waals surface area (Å²) in [5, 5.41) is 0. The Morgan fingerprint density at radius 1 is 0.292 bits per heavy atom. The Balaban J connectivity index is 4.22. The number of hydrogen-bond donors (Lipinski definition) is 0. The molecule has 0 bridgehead atoms. The number of allylic oxidation sites excluding steroid dienone is 18. The molecule has 0 fully saturated rings. The molecule has 0 aromatic carbocycles. The number of carbonyl (C=O) groups is 3. The van der Waals surface area contributed by atoms with Gasteiger partial charge in [0.15, 0.2) is 6.10 Å². The number of esters is 3. The van der Waals surface area contributed by atoms with E-state index in [0.717, 1.165) is 135 Å². The molecule has 0 aromatic heterocycles. The van der Waals surface area contributed by atoms with E-state index in [9.17, 15) is 14.4 Å². The van der Waals surface area contributed by atoms with Gasteiger partial charge < -0.3 is 14.2 Å². The number of hydrogen-bond acceptors (Lipinski definition) is 6. The van der Waals surface area contributed by atoms with Crippen LogP contribution in [0.15, 0.2) is 109 Å². The first-order valence-electron chi connectivity index (χ1n) is 29.9. The van der Waals surface area contributed by atoms with Crippen molar-refractivity contribution in [1.82, 2.24) is 0 Å². The van der Waals surface area contributed by atoms with Gasteiger partial charge in [-0.1, -0.05) is 252 Å². The summed E-state index contributed by atoms with van der Waals surface area (Å²) in [6.07, 6.45) is 81.0. The second-order valence-electron chi connectivity index (χ2n) is 19.5. The van der Waals surface area contributed by atoms with Gasteiger partial charge >= 0.3 is 17.9 Å². The molecule has 0 saturated carbocycles. The van der Waals surface area contributed by atoms with Crippen LogP contribution in [0.4, 0.5) is 0 Å². The standard InChI is InChI=1S/C66H110O6/c1-4-7-10-13-16-19-21-23-25-26-27-28-29-30-31-32-33-34-35-36-37-38-39-40-42-43-45-47-50-53-56-59-65(68)71-62-63(61-70-64(67)58-55-52-49-18-15-12-9-6-3)72-66(69)60-57-54-51-48-46-44-41-24-22-20-17-14-11-8-5-2/h7,10,16,19,23-25,27-28,30-31,33-34,36-37,39-41,63H,4-6,8-9,11-15,17-18,20-22,26,29,32,35,38,42-62H2,1-3H3/b10-7-,19-16-,25-23-,28-27-,31-30-,34-33-,37-36-,40-39-,41-24-. The topological polar surface area (TPSA) is 78.9 Å². The van der Waals surface area contributed by atoms with Crippen LogP contribution in [0.25, 0.3) is 0 Å². The quantitative estimate of drug-likeness (QED) is 0.0261. The van der Waals surface area contributed by atoms with E-state index in [-0.39, 0.29) is 31.1 Å². The minimum atomic E-state index is -0.787. The maximum absolute atomic E-state index is 12.8. The molecule has 0 heterocycles. The first-order valence-corrected chi connectivity index (χ1v) is 29.9. The van der Waals surface area contributed by atoms with E-state index >= 15 is 0 Å². The van der Waals surface area contributed by atoms with Crippen molar-refractivity contribution in [3.63, 3.8) is 0 Å². The van der Waals surface area contributed by atoms with Gasteiger partial charge in [0.25, 0.3) is 0 Å². The molecule has 0 aliphatic heterocycles. The van der Waals surface area contributed by atoms with Crippen LogP contribution in [0.5, 0.6) is 0 Å². The number of rotatable bonds is 53. The van der Waals surface area contributed by atoms with E-state index in [1.807, 2.05) is 0 Å². The summed E-state index contributed by atoms with van der Waals surface area (Å²) in [6, 6.07) is 0.